The van der Waals surface area contributed by atoms with E-state index in [4.69, 9.17) is 17.3 Å². The highest BCUT2D eigenvalue weighted by molar-refractivity contribution is 6.30. The van der Waals surface area contributed by atoms with Gasteiger partial charge >= 0.3 is 5.69 Å². The highest BCUT2D eigenvalue weighted by atomic mass is 35.5. The van der Waals surface area contributed by atoms with E-state index in [0.717, 1.165) is 0 Å². The lowest BCUT2D eigenvalue weighted by atomic mass is 10.3. The molecule has 0 aliphatic carbocycles. The van der Waals surface area contributed by atoms with Crippen molar-refractivity contribution in [2.45, 2.75) is 0 Å². The van der Waals surface area contributed by atoms with E-state index in [1.165, 1.54) is 24.3 Å². The minimum atomic E-state index is -0.631. The molecule has 3 N–H and O–H groups in total. The minimum Gasteiger partial charge on any atom is -0.378 e. The Labute approximate surface area is 112 Å². The van der Waals surface area contributed by atoms with Crippen molar-refractivity contribution in [3.05, 3.63) is 51.3 Å². The molecular weight excluding hydrogens is 275 g/mol. The summed E-state index contributed by atoms with van der Waals surface area (Å²) in [6.07, 6.45) is 0. The van der Waals surface area contributed by atoms with Gasteiger partial charge in [0.25, 0.3) is 0 Å². The first-order chi connectivity index (χ1) is 8.97. The van der Waals surface area contributed by atoms with Crippen molar-refractivity contribution in [3.8, 4) is 0 Å². The van der Waals surface area contributed by atoms with Crippen LogP contribution in [0.2, 0.25) is 5.02 Å². The van der Waals surface area contributed by atoms with E-state index >= 15 is 0 Å². The van der Waals surface area contributed by atoms with E-state index in [-0.39, 0.29) is 22.3 Å². The van der Waals surface area contributed by atoms with Gasteiger partial charge in [-0.25, -0.2) is 9.37 Å². The lowest BCUT2D eigenvalue weighted by Crippen LogP contribution is -2.01. The number of nitrogens with two attached hydrogens (primary N) is 1. The van der Waals surface area contributed by atoms with Crippen molar-refractivity contribution in [3.63, 3.8) is 0 Å². The lowest BCUT2D eigenvalue weighted by molar-refractivity contribution is -0.384. The summed E-state index contributed by atoms with van der Waals surface area (Å²) >= 11 is 5.55. The fraction of sp³-hybridized carbons (Fsp3) is 0. The first-order valence-electron chi connectivity index (χ1n) is 5.10. The zero-order chi connectivity index (χ0) is 14.0. The number of hydrogen-bond donors (Lipinski definition) is 2. The number of hydrogen-bond acceptors (Lipinski definition) is 5. The second-order valence-electron chi connectivity index (χ2n) is 3.61. The molecule has 6 nitrogen and oxygen atoms in total. The number of pyridine rings is 1. The number of halogens is 2. The Balaban J connectivity index is 2.26. The normalized spacial score (nSPS) is 10.2. The quantitative estimate of drug-likeness (QED) is 0.666. The van der Waals surface area contributed by atoms with Crippen molar-refractivity contribution < 1.29 is 9.31 Å². The first kappa shape index (κ1) is 13.0. The van der Waals surface area contributed by atoms with Crippen LogP contribution in [-0.4, -0.2) is 9.91 Å². The van der Waals surface area contributed by atoms with Crippen molar-refractivity contribution >= 4 is 34.6 Å². The molecule has 0 aliphatic rings. The molecule has 0 spiro atoms. The maximum absolute atomic E-state index is 13.2. The Morgan fingerprint density at radius 1 is 1.37 bits per heavy atom. The monoisotopic (exact) mass is 282 g/mol. The summed E-state index contributed by atoms with van der Waals surface area (Å²) in [5.74, 6) is -0.532. The van der Waals surface area contributed by atoms with Crippen molar-refractivity contribution in [1.29, 1.82) is 0 Å². The predicted octanol–water partition coefficient (Wildman–Crippen LogP) is 3.11. The molecule has 0 radical (unpaired) electrons. The van der Waals surface area contributed by atoms with Crippen LogP contribution >= 0.6 is 11.6 Å². The summed E-state index contributed by atoms with van der Waals surface area (Å²) in [6, 6.07) is 6.71. The third-order valence-corrected chi connectivity index (χ3v) is 2.60. The Morgan fingerprint density at radius 3 is 2.68 bits per heavy atom. The molecule has 1 heterocycles. The van der Waals surface area contributed by atoms with Gasteiger partial charge in [0.05, 0.1) is 9.95 Å². The van der Waals surface area contributed by atoms with Crippen LogP contribution in [0.3, 0.4) is 0 Å². The van der Waals surface area contributed by atoms with Crippen molar-refractivity contribution in [1.82, 2.24) is 4.98 Å². The Kier molecular flexibility index (Phi) is 3.48. The van der Waals surface area contributed by atoms with Crippen LogP contribution in [0.15, 0.2) is 30.3 Å². The number of nitrogens with zero attached hydrogens (tertiary/aromatic N) is 2. The first-order valence-corrected chi connectivity index (χ1v) is 5.48. The Bertz CT molecular complexity index is 651. The summed E-state index contributed by atoms with van der Waals surface area (Å²) in [5.41, 5.74) is 5.56. The average molecular weight is 283 g/mol. The van der Waals surface area contributed by atoms with Crippen molar-refractivity contribution in [2.75, 3.05) is 11.1 Å². The molecule has 2 aromatic rings. The molecule has 1 aromatic carbocycles. The molecule has 0 saturated heterocycles. The standard InChI is InChI=1S/C11H8ClFN4O2/c12-7-2-1-6(5-8(7)13)15-10-4-3-9(17(18)19)11(14)16-10/h1-5H,(H3,14,15,16). The van der Waals surface area contributed by atoms with Gasteiger partial charge in [0.15, 0.2) is 0 Å². The van der Waals surface area contributed by atoms with Crippen LogP contribution in [0.4, 0.5) is 27.4 Å². The highest BCUT2D eigenvalue weighted by Gasteiger charge is 2.13. The van der Waals surface area contributed by atoms with Gasteiger partial charge in [0, 0.05) is 11.8 Å². The van der Waals surface area contributed by atoms with Crippen LogP contribution in [0.1, 0.15) is 0 Å². The molecule has 0 aliphatic heterocycles. The van der Waals surface area contributed by atoms with E-state index in [1.807, 2.05) is 0 Å². The zero-order valence-electron chi connectivity index (χ0n) is 9.43. The number of aromatic nitrogens is 1. The van der Waals surface area contributed by atoms with Crippen LogP contribution in [0, 0.1) is 15.9 Å². The Morgan fingerprint density at radius 2 is 2.11 bits per heavy atom. The minimum absolute atomic E-state index is 0.00159. The number of nitro groups is 1. The maximum Gasteiger partial charge on any atom is 0.311 e. The fourth-order valence-electron chi connectivity index (χ4n) is 1.41. The molecule has 19 heavy (non-hydrogen) atoms. The zero-order valence-corrected chi connectivity index (χ0v) is 10.2. The number of nitrogen functional groups attached to an aromatic ring is 1. The summed E-state index contributed by atoms with van der Waals surface area (Å²) < 4.78 is 13.2. The number of anilines is 3. The second kappa shape index (κ2) is 5.07. The van der Waals surface area contributed by atoms with Crippen molar-refractivity contribution in [2.24, 2.45) is 0 Å². The molecule has 0 amide bonds. The van der Waals surface area contributed by atoms with Gasteiger partial charge in [0.2, 0.25) is 5.82 Å². The molecule has 0 fully saturated rings. The van der Waals surface area contributed by atoms with Gasteiger partial charge in [0.1, 0.15) is 11.6 Å². The van der Waals surface area contributed by atoms with Gasteiger partial charge in [-0.1, -0.05) is 11.6 Å². The molecular formula is C11H8ClFN4O2. The number of nitrogens with one attached hydrogen (secondary N) is 1. The summed E-state index contributed by atoms with van der Waals surface area (Å²) in [6.45, 7) is 0. The van der Waals surface area contributed by atoms with E-state index in [1.54, 1.807) is 6.07 Å². The maximum atomic E-state index is 13.2. The number of benzene rings is 1. The topological polar surface area (TPSA) is 94.1 Å². The van der Waals surface area contributed by atoms with Gasteiger partial charge in [-0.15, -0.1) is 0 Å². The summed E-state index contributed by atoms with van der Waals surface area (Å²) in [5, 5.41) is 13.3. The Hall–Kier alpha value is -2.41. The molecule has 98 valence electrons. The molecule has 0 bridgehead atoms. The molecule has 1 aromatic heterocycles. The molecule has 0 atom stereocenters. The van der Waals surface area contributed by atoms with Gasteiger partial charge < -0.3 is 11.1 Å². The van der Waals surface area contributed by atoms with Gasteiger partial charge in [-0.2, -0.15) is 0 Å². The molecule has 2 rings (SSSR count). The average Bonchev–Trinajstić information content (AvgIpc) is 2.33. The predicted molar refractivity (Wildman–Crippen MR) is 70.0 cm³/mol. The third-order valence-electron chi connectivity index (χ3n) is 2.29. The summed E-state index contributed by atoms with van der Waals surface area (Å²) in [4.78, 5) is 13.8. The van der Waals surface area contributed by atoms with E-state index in [9.17, 15) is 14.5 Å². The highest BCUT2D eigenvalue weighted by Crippen LogP contribution is 2.24. The molecule has 0 unspecified atom stereocenters. The van der Waals surface area contributed by atoms with Gasteiger partial charge in [-0.3, -0.25) is 10.1 Å². The third kappa shape index (κ3) is 2.89. The molecule has 8 heteroatoms. The van der Waals surface area contributed by atoms with E-state index in [2.05, 4.69) is 10.3 Å². The second-order valence-corrected chi connectivity index (χ2v) is 4.02. The van der Waals surface area contributed by atoms with Gasteiger partial charge in [-0.05, 0) is 24.3 Å². The van der Waals surface area contributed by atoms with Crippen LogP contribution in [0.25, 0.3) is 0 Å². The largest absolute Gasteiger partial charge is 0.378 e. The SMILES string of the molecule is Nc1nc(Nc2ccc(Cl)c(F)c2)ccc1[N+](=O)[O-]. The van der Waals surface area contributed by atoms with Crippen LogP contribution in [-0.2, 0) is 0 Å². The van der Waals surface area contributed by atoms with Crippen LogP contribution < -0.4 is 11.1 Å². The van der Waals surface area contributed by atoms with E-state index < -0.39 is 10.7 Å². The fourth-order valence-corrected chi connectivity index (χ4v) is 1.53. The number of rotatable bonds is 3. The smallest absolute Gasteiger partial charge is 0.311 e. The van der Waals surface area contributed by atoms with Crippen LogP contribution in [0.5, 0.6) is 0 Å². The lowest BCUT2D eigenvalue weighted by Gasteiger charge is -2.06. The molecule has 0 saturated carbocycles. The summed E-state index contributed by atoms with van der Waals surface area (Å²) in [7, 11) is 0. The van der Waals surface area contributed by atoms with E-state index in [0.29, 0.717) is 5.69 Å².